The number of fused-ring (bicyclic) bond motifs is 3. The largest absolute Gasteiger partial charge is 0.496 e. The number of aromatic nitrogens is 3. The predicted octanol–water partition coefficient (Wildman–Crippen LogP) is 8.43. The number of ether oxygens (including phenoxy) is 2. The summed E-state index contributed by atoms with van der Waals surface area (Å²) in [7, 11) is 1.72. The molecule has 4 saturated carbocycles. The van der Waals surface area contributed by atoms with Crippen molar-refractivity contribution in [3.8, 4) is 16.9 Å². The molecule has 3 heterocycles. The molecular weight excluding hydrogens is 645 g/mol. The van der Waals surface area contributed by atoms with E-state index in [1.807, 2.05) is 15.8 Å². The van der Waals surface area contributed by atoms with Crippen LogP contribution in [0, 0.1) is 30.0 Å². The van der Waals surface area contributed by atoms with Crippen LogP contribution < -0.4 is 9.64 Å². The highest BCUT2D eigenvalue weighted by Crippen LogP contribution is 2.58. The van der Waals surface area contributed by atoms with Crippen molar-refractivity contribution in [2.75, 3.05) is 31.6 Å². The van der Waals surface area contributed by atoms with Gasteiger partial charge < -0.3 is 14.4 Å². The molecule has 2 bridgehead atoms. The average molecular weight is 700 g/mol. The number of hydrogen-bond acceptors (Lipinski definition) is 6. The van der Waals surface area contributed by atoms with Crippen LogP contribution in [-0.4, -0.2) is 64.5 Å². The Balaban J connectivity index is 1.12. The topological polar surface area (TPSA) is 89.8 Å². The van der Waals surface area contributed by atoms with E-state index in [1.54, 1.807) is 24.3 Å². The van der Waals surface area contributed by atoms with Gasteiger partial charge in [-0.3, -0.25) is 14.4 Å². The van der Waals surface area contributed by atoms with Gasteiger partial charge in [0.05, 0.1) is 25.0 Å². The van der Waals surface area contributed by atoms with Gasteiger partial charge in [-0.1, -0.05) is 19.1 Å². The minimum atomic E-state index is -0.438. The lowest BCUT2D eigenvalue weighted by Gasteiger charge is -2.55. The van der Waals surface area contributed by atoms with Gasteiger partial charge in [0.2, 0.25) is 5.91 Å². The number of pyridine rings is 1. The monoisotopic (exact) mass is 699 g/mol. The molecule has 51 heavy (non-hydrogen) atoms. The number of nitrogens with zero attached hydrogens (tertiary/aromatic N) is 5. The molecule has 3 aromatic rings. The predicted molar refractivity (Wildman–Crippen MR) is 195 cm³/mol. The van der Waals surface area contributed by atoms with Crippen LogP contribution in [0.25, 0.3) is 11.1 Å². The highest BCUT2D eigenvalue weighted by Gasteiger charge is 2.51. The third-order valence-corrected chi connectivity index (χ3v) is 12.5. The Morgan fingerprint density at radius 1 is 1.00 bits per heavy atom. The zero-order valence-electron chi connectivity index (χ0n) is 31.2. The second-order valence-electron chi connectivity index (χ2n) is 17.1. The van der Waals surface area contributed by atoms with E-state index in [9.17, 15) is 9.59 Å². The molecule has 9 nitrogen and oxygen atoms in total. The van der Waals surface area contributed by atoms with E-state index in [2.05, 4.69) is 62.9 Å². The van der Waals surface area contributed by atoms with Gasteiger partial charge in [-0.25, -0.2) is 14.2 Å². The molecular formula is C41H54FN5O4. The third kappa shape index (κ3) is 6.99. The standard InChI is InChI=1S/C41H54FN5O4/c1-27-23-45(24-27)38(49)51-32-10-7-29(8-11-32)37(48)46(36-20-33(34(42)22-43-36)30-21-44-47(25-30)39(3,4)5)26-40-13-16-41(17-14-40,18-15-40)31-9-12-35(50-6)28(2)19-31/h9,12,19-22,25,27,29,32H,7-8,10-11,13-18,23-24,26H2,1-6H3/t29-,32-,40?,41?. The summed E-state index contributed by atoms with van der Waals surface area (Å²) in [6, 6.07) is 8.38. The molecule has 0 N–H and O–H groups in total. The van der Waals surface area contributed by atoms with Crippen LogP contribution in [0.1, 0.15) is 103 Å². The zero-order chi connectivity index (χ0) is 36.1. The van der Waals surface area contributed by atoms with Gasteiger partial charge >= 0.3 is 6.09 Å². The van der Waals surface area contributed by atoms with Gasteiger partial charge in [-0.2, -0.15) is 5.10 Å². The second kappa shape index (κ2) is 13.6. The first-order valence-corrected chi connectivity index (χ1v) is 18.9. The number of methoxy groups -OCH3 is 1. The number of carbonyl (C=O) groups excluding carboxylic acids is 2. The number of anilines is 1. The minimum absolute atomic E-state index is 0.0344. The van der Waals surface area contributed by atoms with Crippen molar-refractivity contribution in [3.63, 3.8) is 0 Å². The van der Waals surface area contributed by atoms with E-state index in [4.69, 9.17) is 9.47 Å². The first-order valence-electron chi connectivity index (χ1n) is 18.9. The van der Waals surface area contributed by atoms with Crippen LogP contribution >= 0.6 is 0 Å². The van der Waals surface area contributed by atoms with Crippen molar-refractivity contribution < 1.29 is 23.5 Å². The molecule has 4 aliphatic carbocycles. The molecule has 1 aromatic carbocycles. The summed E-state index contributed by atoms with van der Waals surface area (Å²) in [5.41, 5.74) is 3.46. The van der Waals surface area contributed by atoms with E-state index in [1.165, 1.54) is 11.8 Å². The number of benzene rings is 1. The smallest absolute Gasteiger partial charge is 0.410 e. The van der Waals surface area contributed by atoms with E-state index in [0.29, 0.717) is 55.1 Å². The van der Waals surface area contributed by atoms with Gasteiger partial charge in [0.25, 0.3) is 0 Å². The lowest BCUT2D eigenvalue weighted by molar-refractivity contribution is -0.124. The highest BCUT2D eigenvalue weighted by molar-refractivity contribution is 5.95. The van der Waals surface area contributed by atoms with Crippen LogP contribution in [0.15, 0.2) is 42.9 Å². The molecule has 0 spiro atoms. The normalized spacial score (nSPS) is 26.5. The van der Waals surface area contributed by atoms with Crippen LogP contribution in [0.5, 0.6) is 5.75 Å². The van der Waals surface area contributed by atoms with Crippen molar-refractivity contribution in [1.29, 1.82) is 0 Å². The van der Waals surface area contributed by atoms with Crippen LogP contribution in [-0.2, 0) is 20.5 Å². The number of amides is 2. The summed E-state index contributed by atoms with van der Waals surface area (Å²) in [6.07, 6.45) is 13.2. The van der Waals surface area contributed by atoms with Crippen LogP contribution in [0.2, 0.25) is 0 Å². The molecule has 0 atom stereocenters. The van der Waals surface area contributed by atoms with Gasteiger partial charge in [0.1, 0.15) is 23.5 Å². The molecule has 274 valence electrons. The van der Waals surface area contributed by atoms with E-state index in [-0.39, 0.29) is 40.4 Å². The molecule has 8 rings (SSSR count). The Hall–Kier alpha value is -3.95. The average Bonchev–Trinajstić information content (AvgIpc) is 3.62. The summed E-state index contributed by atoms with van der Waals surface area (Å²) in [4.78, 5) is 35.5. The quantitative estimate of drug-likeness (QED) is 0.235. The molecule has 1 saturated heterocycles. The van der Waals surface area contributed by atoms with Crippen molar-refractivity contribution in [3.05, 3.63) is 59.8 Å². The maximum atomic E-state index is 15.5. The van der Waals surface area contributed by atoms with E-state index < -0.39 is 5.82 Å². The zero-order valence-corrected chi connectivity index (χ0v) is 31.2. The summed E-state index contributed by atoms with van der Waals surface area (Å²) in [5, 5.41) is 4.51. The van der Waals surface area contributed by atoms with Crippen molar-refractivity contribution >= 4 is 17.8 Å². The van der Waals surface area contributed by atoms with Gasteiger partial charge in [-0.05, 0) is 132 Å². The van der Waals surface area contributed by atoms with Crippen LogP contribution in [0.3, 0.4) is 0 Å². The summed E-state index contributed by atoms with van der Waals surface area (Å²) >= 11 is 0. The maximum absolute atomic E-state index is 15.5. The molecule has 0 unspecified atom stereocenters. The Kier molecular flexibility index (Phi) is 9.42. The molecule has 10 heteroatoms. The fourth-order valence-electron chi connectivity index (χ4n) is 9.09. The minimum Gasteiger partial charge on any atom is -0.496 e. The SMILES string of the molecule is COc1ccc(C23CCC(CN(c4cc(-c5cnn(C(C)(C)C)c5)c(F)cn4)C(=O)[C@H]4CC[C@H](OC(=O)N5CC(C)C5)CC4)(CC2)CC3)cc1C. The van der Waals surface area contributed by atoms with Gasteiger partial charge in [0.15, 0.2) is 0 Å². The first kappa shape index (κ1) is 35.5. The third-order valence-electron chi connectivity index (χ3n) is 12.5. The maximum Gasteiger partial charge on any atom is 0.410 e. The Labute approximate surface area is 301 Å². The van der Waals surface area contributed by atoms with Crippen molar-refractivity contribution in [2.24, 2.45) is 17.3 Å². The number of halogens is 1. The van der Waals surface area contributed by atoms with Gasteiger partial charge in [-0.15, -0.1) is 0 Å². The van der Waals surface area contributed by atoms with Crippen molar-refractivity contribution in [1.82, 2.24) is 19.7 Å². The molecule has 1 aliphatic heterocycles. The molecule has 2 aromatic heterocycles. The highest BCUT2D eigenvalue weighted by atomic mass is 19.1. The Bertz CT molecular complexity index is 1740. The lowest BCUT2D eigenvalue weighted by atomic mass is 9.51. The number of hydrogen-bond donors (Lipinski definition) is 0. The van der Waals surface area contributed by atoms with Crippen LogP contribution in [0.4, 0.5) is 15.0 Å². The van der Waals surface area contributed by atoms with E-state index >= 15 is 4.39 Å². The number of carbonyl (C=O) groups is 2. The number of aryl methyl sites for hydroxylation is 1. The van der Waals surface area contributed by atoms with E-state index in [0.717, 1.165) is 62.9 Å². The summed E-state index contributed by atoms with van der Waals surface area (Å²) in [5.74, 6) is 1.31. The summed E-state index contributed by atoms with van der Waals surface area (Å²) in [6.45, 7) is 12.4. The Morgan fingerprint density at radius 3 is 2.27 bits per heavy atom. The fourth-order valence-corrected chi connectivity index (χ4v) is 9.09. The Morgan fingerprint density at radius 2 is 1.69 bits per heavy atom. The van der Waals surface area contributed by atoms with Gasteiger partial charge in [0, 0.05) is 42.9 Å². The first-order chi connectivity index (χ1) is 24.3. The fraction of sp³-hybridized carbons (Fsp3) is 0.610. The number of rotatable bonds is 8. The molecule has 5 fully saturated rings. The molecule has 5 aliphatic rings. The molecule has 0 radical (unpaired) electrons. The second-order valence-corrected chi connectivity index (χ2v) is 17.1. The molecule has 2 amide bonds. The van der Waals surface area contributed by atoms with Crippen molar-refractivity contribution in [2.45, 2.75) is 116 Å². The lowest BCUT2D eigenvalue weighted by Crippen LogP contribution is -2.52. The summed E-state index contributed by atoms with van der Waals surface area (Å²) < 4.78 is 28.7. The number of likely N-dealkylation sites (tertiary alicyclic amines) is 1.